The molecule has 0 spiro atoms. The molecule has 2 nitrogen and oxygen atoms in total. The molecule has 0 aliphatic carbocycles. The summed E-state index contributed by atoms with van der Waals surface area (Å²) in [6.07, 6.45) is 1.91. The summed E-state index contributed by atoms with van der Waals surface area (Å²) in [6, 6.07) is 5.94. The lowest BCUT2D eigenvalue weighted by atomic mass is 9.95. The van der Waals surface area contributed by atoms with Gasteiger partial charge in [-0.15, -0.1) is 0 Å². The molecule has 0 bridgehead atoms. The van der Waals surface area contributed by atoms with Crippen molar-refractivity contribution in [3.05, 3.63) is 29.3 Å². The van der Waals surface area contributed by atoms with Crippen molar-refractivity contribution < 1.29 is 9.53 Å². The maximum Gasteiger partial charge on any atom is 0.127 e. The van der Waals surface area contributed by atoms with Crippen LogP contribution < -0.4 is 4.74 Å². The number of rotatable bonds is 5. The summed E-state index contributed by atoms with van der Waals surface area (Å²) in [6.45, 7) is 6.65. The summed E-state index contributed by atoms with van der Waals surface area (Å²) < 4.78 is 5.43. The van der Waals surface area contributed by atoms with Crippen molar-refractivity contribution in [1.82, 2.24) is 0 Å². The van der Waals surface area contributed by atoms with Gasteiger partial charge in [-0.05, 0) is 36.6 Å². The SMILES string of the molecule is CCOc1ccc(C(C)C=O)c(CC)c1. The van der Waals surface area contributed by atoms with E-state index in [0.29, 0.717) is 6.61 Å². The minimum atomic E-state index is -0.0318. The van der Waals surface area contributed by atoms with Crippen LogP contribution in [0, 0.1) is 0 Å². The molecule has 0 fully saturated rings. The molecule has 15 heavy (non-hydrogen) atoms. The fourth-order valence-electron chi connectivity index (χ4n) is 1.66. The summed E-state index contributed by atoms with van der Waals surface area (Å²) >= 11 is 0. The molecule has 1 aromatic carbocycles. The standard InChI is InChI=1S/C13H18O2/c1-4-11-8-12(15-5-2)6-7-13(11)10(3)9-14/h6-10H,4-5H2,1-3H3. The van der Waals surface area contributed by atoms with Gasteiger partial charge in [-0.2, -0.15) is 0 Å². The Kier molecular flexibility index (Phi) is 4.35. The van der Waals surface area contributed by atoms with Gasteiger partial charge in [0.15, 0.2) is 0 Å². The molecule has 2 heteroatoms. The van der Waals surface area contributed by atoms with Crippen molar-refractivity contribution in [3.63, 3.8) is 0 Å². The van der Waals surface area contributed by atoms with Crippen LogP contribution in [0.15, 0.2) is 18.2 Å². The van der Waals surface area contributed by atoms with Crippen LogP contribution in [0.1, 0.15) is 37.8 Å². The van der Waals surface area contributed by atoms with Crippen LogP contribution in [0.2, 0.25) is 0 Å². The van der Waals surface area contributed by atoms with Crippen LogP contribution in [0.25, 0.3) is 0 Å². The Morgan fingerprint density at radius 2 is 2.13 bits per heavy atom. The molecule has 0 radical (unpaired) electrons. The molecule has 0 aliphatic heterocycles. The predicted molar refractivity (Wildman–Crippen MR) is 61.5 cm³/mol. The Bertz CT molecular complexity index is 331. The molecular weight excluding hydrogens is 188 g/mol. The summed E-state index contributed by atoms with van der Waals surface area (Å²) in [7, 11) is 0. The topological polar surface area (TPSA) is 26.3 Å². The second-order valence-corrected chi connectivity index (χ2v) is 3.57. The highest BCUT2D eigenvalue weighted by molar-refractivity contribution is 5.63. The van der Waals surface area contributed by atoms with Gasteiger partial charge >= 0.3 is 0 Å². The van der Waals surface area contributed by atoms with Gasteiger partial charge in [-0.3, -0.25) is 0 Å². The van der Waals surface area contributed by atoms with Gasteiger partial charge in [0.1, 0.15) is 12.0 Å². The van der Waals surface area contributed by atoms with E-state index >= 15 is 0 Å². The Hall–Kier alpha value is -1.31. The first kappa shape index (κ1) is 11.8. The highest BCUT2D eigenvalue weighted by Gasteiger charge is 2.09. The number of hydrogen-bond acceptors (Lipinski definition) is 2. The Morgan fingerprint density at radius 3 is 2.67 bits per heavy atom. The molecule has 1 atom stereocenters. The largest absolute Gasteiger partial charge is 0.494 e. The fraction of sp³-hybridized carbons (Fsp3) is 0.462. The van der Waals surface area contributed by atoms with Gasteiger partial charge in [-0.25, -0.2) is 0 Å². The summed E-state index contributed by atoms with van der Waals surface area (Å²) in [5.41, 5.74) is 2.30. The molecule has 1 rings (SSSR count). The Morgan fingerprint density at radius 1 is 1.40 bits per heavy atom. The van der Waals surface area contributed by atoms with Gasteiger partial charge < -0.3 is 9.53 Å². The monoisotopic (exact) mass is 206 g/mol. The van der Waals surface area contributed by atoms with Crippen molar-refractivity contribution in [2.75, 3.05) is 6.61 Å². The first-order valence-electron chi connectivity index (χ1n) is 5.43. The van der Waals surface area contributed by atoms with E-state index in [2.05, 4.69) is 6.92 Å². The summed E-state index contributed by atoms with van der Waals surface area (Å²) in [5, 5.41) is 0. The molecule has 0 heterocycles. The minimum Gasteiger partial charge on any atom is -0.494 e. The normalized spacial score (nSPS) is 12.2. The van der Waals surface area contributed by atoms with E-state index in [4.69, 9.17) is 4.74 Å². The zero-order valence-electron chi connectivity index (χ0n) is 9.62. The van der Waals surface area contributed by atoms with Gasteiger partial charge in [0.25, 0.3) is 0 Å². The Balaban J connectivity index is 3.03. The molecular formula is C13H18O2. The van der Waals surface area contributed by atoms with Crippen molar-refractivity contribution in [1.29, 1.82) is 0 Å². The molecule has 0 saturated heterocycles. The van der Waals surface area contributed by atoms with Crippen LogP contribution in [-0.2, 0) is 11.2 Å². The van der Waals surface area contributed by atoms with Crippen molar-refractivity contribution in [2.24, 2.45) is 0 Å². The third-order valence-corrected chi connectivity index (χ3v) is 2.50. The maximum atomic E-state index is 10.8. The van der Waals surface area contributed by atoms with E-state index < -0.39 is 0 Å². The first-order chi connectivity index (χ1) is 7.22. The minimum absolute atomic E-state index is 0.0318. The van der Waals surface area contributed by atoms with E-state index in [1.165, 1.54) is 5.56 Å². The maximum absolute atomic E-state index is 10.8. The summed E-state index contributed by atoms with van der Waals surface area (Å²) in [5.74, 6) is 0.854. The van der Waals surface area contributed by atoms with E-state index in [1.54, 1.807) is 0 Å². The number of aldehydes is 1. The van der Waals surface area contributed by atoms with Gasteiger partial charge in [-0.1, -0.05) is 19.9 Å². The van der Waals surface area contributed by atoms with Gasteiger partial charge in [0.2, 0.25) is 0 Å². The fourth-order valence-corrected chi connectivity index (χ4v) is 1.66. The van der Waals surface area contributed by atoms with Gasteiger partial charge in [0.05, 0.1) is 6.61 Å². The van der Waals surface area contributed by atoms with Crippen LogP contribution in [0.5, 0.6) is 5.75 Å². The molecule has 0 aromatic heterocycles. The zero-order chi connectivity index (χ0) is 11.3. The molecule has 1 aromatic rings. The van der Waals surface area contributed by atoms with Crippen LogP contribution >= 0.6 is 0 Å². The first-order valence-corrected chi connectivity index (χ1v) is 5.43. The number of benzene rings is 1. The molecule has 0 N–H and O–H groups in total. The van der Waals surface area contributed by atoms with Crippen molar-refractivity contribution in [3.8, 4) is 5.75 Å². The summed E-state index contributed by atoms with van der Waals surface area (Å²) in [4.78, 5) is 10.8. The number of carbonyl (C=O) groups excluding carboxylic acids is 1. The van der Waals surface area contributed by atoms with E-state index in [1.807, 2.05) is 32.0 Å². The average Bonchev–Trinajstić information content (AvgIpc) is 2.28. The number of carbonyl (C=O) groups is 1. The van der Waals surface area contributed by atoms with Gasteiger partial charge in [0, 0.05) is 5.92 Å². The quantitative estimate of drug-likeness (QED) is 0.692. The molecule has 1 unspecified atom stereocenters. The predicted octanol–water partition coefficient (Wildman–Crippen LogP) is 2.95. The number of hydrogen-bond donors (Lipinski definition) is 0. The lowest BCUT2D eigenvalue weighted by Crippen LogP contribution is -2.01. The lowest BCUT2D eigenvalue weighted by molar-refractivity contribution is -0.108. The second kappa shape index (κ2) is 5.54. The highest BCUT2D eigenvalue weighted by atomic mass is 16.5. The molecule has 82 valence electrons. The molecule has 0 saturated carbocycles. The van der Waals surface area contributed by atoms with Crippen molar-refractivity contribution >= 4 is 6.29 Å². The Labute approximate surface area is 91.3 Å². The van der Waals surface area contributed by atoms with Crippen LogP contribution in [-0.4, -0.2) is 12.9 Å². The van der Waals surface area contributed by atoms with E-state index in [9.17, 15) is 4.79 Å². The van der Waals surface area contributed by atoms with Crippen molar-refractivity contribution in [2.45, 2.75) is 33.1 Å². The zero-order valence-corrected chi connectivity index (χ0v) is 9.62. The molecule has 0 amide bonds. The van der Waals surface area contributed by atoms with E-state index in [0.717, 1.165) is 24.0 Å². The number of aryl methyl sites for hydroxylation is 1. The average molecular weight is 206 g/mol. The third kappa shape index (κ3) is 2.82. The molecule has 0 aliphatic rings. The van der Waals surface area contributed by atoms with E-state index in [-0.39, 0.29) is 5.92 Å². The lowest BCUT2D eigenvalue weighted by Gasteiger charge is -2.12. The highest BCUT2D eigenvalue weighted by Crippen LogP contribution is 2.23. The second-order valence-electron chi connectivity index (χ2n) is 3.57. The van der Waals surface area contributed by atoms with Crippen LogP contribution in [0.4, 0.5) is 0 Å². The number of ether oxygens (including phenoxy) is 1. The smallest absolute Gasteiger partial charge is 0.127 e. The third-order valence-electron chi connectivity index (χ3n) is 2.50. The van der Waals surface area contributed by atoms with Crippen LogP contribution in [0.3, 0.4) is 0 Å².